The maximum absolute atomic E-state index is 11.6. The van der Waals surface area contributed by atoms with E-state index in [2.05, 4.69) is 15.6 Å². The molecule has 23 heavy (non-hydrogen) atoms. The summed E-state index contributed by atoms with van der Waals surface area (Å²) < 4.78 is 1.66. The van der Waals surface area contributed by atoms with Gasteiger partial charge in [0.15, 0.2) is 0 Å². The molecule has 1 amide bonds. The van der Waals surface area contributed by atoms with Crippen LogP contribution in [0.1, 0.15) is 37.1 Å². The maximum atomic E-state index is 11.6. The highest BCUT2D eigenvalue weighted by molar-refractivity contribution is 6.32. The molecule has 1 heterocycles. The number of nitrogens with one attached hydrogen (secondary N) is 1. The molecule has 0 fully saturated rings. The van der Waals surface area contributed by atoms with Crippen molar-refractivity contribution in [2.24, 2.45) is 11.0 Å². The summed E-state index contributed by atoms with van der Waals surface area (Å²) in [5.74, 6) is 0.177. The molecular weight excluding hydrogens is 312 g/mol. The van der Waals surface area contributed by atoms with Crippen molar-refractivity contribution in [3.8, 4) is 5.69 Å². The Bertz CT molecular complexity index is 717. The number of amides is 1. The zero-order valence-electron chi connectivity index (χ0n) is 13.8. The van der Waals surface area contributed by atoms with Crippen LogP contribution in [0.2, 0.25) is 5.15 Å². The third kappa shape index (κ3) is 4.42. The summed E-state index contributed by atoms with van der Waals surface area (Å²) in [5, 5.41) is 8.88. The van der Waals surface area contributed by atoms with Gasteiger partial charge in [0.2, 0.25) is 5.91 Å². The number of hydrogen-bond acceptors (Lipinski definition) is 3. The molecule has 0 spiro atoms. The van der Waals surface area contributed by atoms with Gasteiger partial charge in [0.25, 0.3) is 0 Å². The van der Waals surface area contributed by atoms with E-state index in [1.165, 1.54) is 11.8 Å². The topological polar surface area (TPSA) is 59.3 Å². The zero-order chi connectivity index (χ0) is 17.0. The Labute approximate surface area is 141 Å². The Morgan fingerprint density at radius 3 is 2.61 bits per heavy atom. The second kappa shape index (κ2) is 7.42. The first-order valence-corrected chi connectivity index (χ1v) is 7.90. The third-order valence-corrected chi connectivity index (χ3v) is 3.67. The SMILES string of the molecule is Cc1ccc(-n2nc(C)c(C=NNC(=O)CC(C)C)c2Cl)cc1. The molecule has 1 N–H and O–H groups in total. The molecule has 0 aliphatic carbocycles. The van der Waals surface area contributed by atoms with Crippen LogP contribution in [-0.4, -0.2) is 21.9 Å². The maximum Gasteiger partial charge on any atom is 0.240 e. The first kappa shape index (κ1) is 17.2. The van der Waals surface area contributed by atoms with Crippen molar-refractivity contribution < 1.29 is 4.79 Å². The molecule has 0 atom stereocenters. The summed E-state index contributed by atoms with van der Waals surface area (Å²) in [4.78, 5) is 11.6. The molecule has 0 aliphatic heterocycles. The lowest BCUT2D eigenvalue weighted by atomic mass is 10.1. The largest absolute Gasteiger partial charge is 0.273 e. The van der Waals surface area contributed by atoms with E-state index in [-0.39, 0.29) is 5.91 Å². The Balaban J connectivity index is 2.18. The van der Waals surface area contributed by atoms with Crippen LogP contribution in [0.5, 0.6) is 0 Å². The second-order valence-corrected chi connectivity index (χ2v) is 6.29. The first-order chi connectivity index (χ1) is 10.9. The summed E-state index contributed by atoms with van der Waals surface area (Å²) in [5.41, 5.74) is 6.00. The molecule has 0 saturated carbocycles. The van der Waals surface area contributed by atoms with Crippen molar-refractivity contribution in [3.05, 3.63) is 46.2 Å². The Kier molecular flexibility index (Phi) is 5.55. The summed E-state index contributed by atoms with van der Waals surface area (Å²) in [6.07, 6.45) is 1.97. The van der Waals surface area contributed by atoms with Crippen LogP contribution in [0.3, 0.4) is 0 Å². The number of aromatic nitrogens is 2. The predicted octanol–water partition coefficient (Wildman–Crippen LogP) is 3.64. The quantitative estimate of drug-likeness (QED) is 0.671. The lowest BCUT2D eigenvalue weighted by molar-refractivity contribution is -0.121. The van der Waals surface area contributed by atoms with Crippen LogP contribution in [0.25, 0.3) is 5.69 Å². The van der Waals surface area contributed by atoms with E-state index in [0.717, 1.165) is 11.4 Å². The molecule has 0 unspecified atom stereocenters. The Morgan fingerprint density at radius 1 is 1.35 bits per heavy atom. The number of carbonyl (C=O) groups excluding carboxylic acids is 1. The van der Waals surface area contributed by atoms with Crippen LogP contribution >= 0.6 is 11.6 Å². The molecule has 1 aromatic heterocycles. The summed E-state index contributed by atoms with van der Waals surface area (Å²) >= 11 is 6.40. The van der Waals surface area contributed by atoms with Crippen LogP contribution < -0.4 is 5.43 Å². The highest BCUT2D eigenvalue weighted by Gasteiger charge is 2.13. The van der Waals surface area contributed by atoms with Crippen LogP contribution in [-0.2, 0) is 4.79 Å². The van der Waals surface area contributed by atoms with Crippen LogP contribution in [0, 0.1) is 19.8 Å². The molecule has 2 aromatic rings. The minimum absolute atomic E-state index is 0.115. The average molecular weight is 333 g/mol. The van der Waals surface area contributed by atoms with E-state index in [0.29, 0.717) is 23.1 Å². The van der Waals surface area contributed by atoms with E-state index in [1.54, 1.807) is 4.68 Å². The molecule has 0 aliphatic rings. The first-order valence-electron chi connectivity index (χ1n) is 7.52. The molecule has 1 aromatic carbocycles. The second-order valence-electron chi connectivity index (χ2n) is 5.93. The number of hydrazone groups is 1. The number of aryl methyl sites for hydroxylation is 2. The van der Waals surface area contributed by atoms with Gasteiger partial charge in [-0.25, -0.2) is 10.1 Å². The molecule has 122 valence electrons. The number of hydrogen-bond donors (Lipinski definition) is 1. The van der Waals surface area contributed by atoms with Gasteiger partial charge in [-0.05, 0) is 31.9 Å². The van der Waals surface area contributed by atoms with E-state index < -0.39 is 0 Å². The fraction of sp³-hybridized carbons (Fsp3) is 0.353. The van der Waals surface area contributed by atoms with Gasteiger partial charge >= 0.3 is 0 Å². The number of rotatable bonds is 5. The van der Waals surface area contributed by atoms with E-state index >= 15 is 0 Å². The number of halogens is 1. The van der Waals surface area contributed by atoms with Crippen molar-refractivity contribution in [2.45, 2.75) is 34.1 Å². The third-order valence-electron chi connectivity index (χ3n) is 3.30. The summed E-state index contributed by atoms with van der Waals surface area (Å²) in [6, 6.07) is 7.92. The fourth-order valence-electron chi connectivity index (χ4n) is 2.10. The lowest BCUT2D eigenvalue weighted by Crippen LogP contribution is -2.19. The van der Waals surface area contributed by atoms with Gasteiger partial charge in [-0.15, -0.1) is 0 Å². The fourth-order valence-corrected chi connectivity index (χ4v) is 2.42. The van der Waals surface area contributed by atoms with E-state index in [1.807, 2.05) is 52.0 Å². The van der Waals surface area contributed by atoms with Gasteiger partial charge in [-0.3, -0.25) is 4.79 Å². The van der Waals surface area contributed by atoms with Gasteiger partial charge < -0.3 is 0 Å². The standard InChI is InChI=1S/C17H21ClN4O/c1-11(2)9-16(23)20-19-10-15-13(4)21-22(17(15)18)14-7-5-12(3)6-8-14/h5-8,10-11H,9H2,1-4H3,(H,20,23). The molecule has 0 radical (unpaired) electrons. The van der Waals surface area contributed by atoms with Crippen molar-refractivity contribution >= 4 is 23.7 Å². The van der Waals surface area contributed by atoms with Crippen molar-refractivity contribution in [3.63, 3.8) is 0 Å². The molecule has 5 nitrogen and oxygen atoms in total. The molecule has 6 heteroatoms. The van der Waals surface area contributed by atoms with Gasteiger partial charge in [-0.2, -0.15) is 10.2 Å². The lowest BCUT2D eigenvalue weighted by Gasteiger charge is -2.03. The minimum Gasteiger partial charge on any atom is -0.273 e. The smallest absolute Gasteiger partial charge is 0.240 e. The number of carbonyl (C=O) groups is 1. The molecule has 0 saturated heterocycles. The molecular formula is C17H21ClN4O. The van der Waals surface area contributed by atoms with Gasteiger partial charge in [0, 0.05) is 6.42 Å². The minimum atomic E-state index is -0.115. The van der Waals surface area contributed by atoms with Crippen molar-refractivity contribution in [1.82, 2.24) is 15.2 Å². The molecule has 0 bridgehead atoms. The van der Waals surface area contributed by atoms with Crippen LogP contribution in [0.4, 0.5) is 0 Å². The van der Waals surface area contributed by atoms with Crippen LogP contribution in [0.15, 0.2) is 29.4 Å². The Hall–Kier alpha value is -2.14. The Morgan fingerprint density at radius 2 is 2.00 bits per heavy atom. The van der Waals surface area contributed by atoms with Gasteiger partial charge in [0.05, 0.1) is 23.2 Å². The summed E-state index contributed by atoms with van der Waals surface area (Å²) in [7, 11) is 0. The zero-order valence-corrected chi connectivity index (χ0v) is 14.6. The molecule has 2 rings (SSSR count). The average Bonchev–Trinajstić information content (AvgIpc) is 2.75. The number of nitrogens with zero attached hydrogens (tertiary/aromatic N) is 3. The monoisotopic (exact) mass is 332 g/mol. The van der Waals surface area contributed by atoms with E-state index in [9.17, 15) is 4.79 Å². The highest BCUT2D eigenvalue weighted by Crippen LogP contribution is 2.22. The summed E-state index contributed by atoms with van der Waals surface area (Å²) in [6.45, 7) is 7.84. The van der Waals surface area contributed by atoms with Crippen molar-refractivity contribution in [1.29, 1.82) is 0 Å². The predicted molar refractivity (Wildman–Crippen MR) is 93.2 cm³/mol. The highest BCUT2D eigenvalue weighted by atomic mass is 35.5. The van der Waals surface area contributed by atoms with Gasteiger partial charge in [0.1, 0.15) is 5.15 Å². The van der Waals surface area contributed by atoms with Gasteiger partial charge in [-0.1, -0.05) is 43.1 Å². The van der Waals surface area contributed by atoms with Crippen molar-refractivity contribution in [2.75, 3.05) is 0 Å². The number of benzene rings is 1. The normalized spacial score (nSPS) is 11.4. The van der Waals surface area contributed by atoms with E-state index in [4.69, 9.17) is 11.6 Å².